The molecule has 1 saturated heterocycles. The number of hydrogen-bond acceptors (Lipinski definition) is 4. The summed E-state index contributed by atoms with van der Waals surface area (Å²) in [5, 5.41) is 0. The number of hydrogen-bond donors (Lipinski definition) is 0. The molecule has 0 spiro atoms. The van der Waals surface area contributed by atoms with E-state index in [1.165, 1.54) is 6.07 Å². The second kappa shape index (κ2) is 8.44. The van der Waals surface area contributed by atoms with Crippen molar-refractivity contribution in [3.63, 3.8) is 0 Å². The molecule has 2 rings (SSSR count). The Balaban J connectivity index is 1.98. The average molecular weight is 351 g/mol. The third kappa shape index (κ3) is 4.68. The number of likely N-dealkylation sites (tertiary alicyclic amines) is 1. The molecule has 1 aliphatic heterocycles. The Morgan fingerprint density at radius 1 is 1.38 bits per heavy atom. The monoisotopic (exact) mass is 351 g/mol. The molecule has 1 aliphatic rings. The van der Waals surface area contributed by atoms with Crippen LogP contribution in [0.15, 0.2) is 41.8 Å². The molecule has 6 heteroatoms. The second-order valence-corrected chi connectivity index (χ2v) is 8.27. The van der Waals surface area contributed by atoms with Gasteiger partial charge in [0.1, 0.15) is 0 Å². The van der Waals surface area contributed by atoms with Crippen molar-refractivity contribution >= 4 is 15.7 Å². The van der Waals surface area contributed by atoms with Gasteiger partial charge in [0, 0.05) is 25.3 Å². The largest absolute Gasteiger partial charge is 0.377 e. The van der Waals surface area contributed by atoms with Crippen LogP contribution in [0, 0.1) is 5.92 Å². The molecule has 132 valence electrons. The summed E-state index contributed by atoms with van der Waals surface area (Å²) >= 11 is 0. The van der Waals surface area contributed by atoms with Crippen LogP contribution in [0.4, 0.5) is 0 Å². The Bertz CT molecular complexity index is 676. The summed E-state index contributed by atoms with van der Waals surface area (Å²) < 4.78 is 29.4. The minimum absolute atomic E-state index is 0.0285. The zero-order valence-electron chi connectivity index (χ0n) is 14.1. The molecule has 0 saturated carbocycles. The average Bonchev–Trinajstić information content (AvgIpc) is 2.62. The minimum atomic E-state index is -3.30. The quantitative estimate of drug-likeness (QED) is 0.559. The van der Waals surface area contributed by atoms with Gasteiger partial charge in [-0.2, -0.15) is 0 Å². The predicted octanol–water partition coefficient (Wildman–Crippen LogP) is 2.54. The Kier molecular flexibility index (Phi) is 6.57. The van der Waals surface area contributed by atoms with Crippen LogP contribution in [0.1, 0.15) is 30.1 Å². The lowest BCUT2D eigenvalue weighted by Crippen LogP contribution is -2.39. The highest BCUT2D eigenvalue weighted by atomic mass is 32.2. The topological polar surface area (TPSA) is 63.7 Å². The van der Waals surface area contributed by atoms with Gasteiger partial charge in [-0.3, -0.25) is 4.79 Å². The van der Waals surface area contributed by atoms with Gasteiger partial charge in [0.15, 0.2) is 9.84 Å². The van der Waals surface area contributed by atoms with Crippen molar-refractivity contribution in [1.29, 1.82) is 0 Å². The van der Waals surface area contributed by atoms with Gasteiger partial charge in [0.25, 0.3) is 5.91 Å². The number of carbonyl (C=O) groups excluding carboxylic acids is 1. The van der Waals surface area contributed by atoms with Gasteiger partial charge in [-0.25, -0.2) is 8.42 Å². The van der Waals surface area contributed by atoms with E-state index in [4.69, 9.17) is 4.74 Å². The van der Waals surface area contributed by atoms with E-state index in [9.17, 15) is 13.2 Å². The van der Waals surface area contributed by atoms with Crippen molar-refractivity contribution in [1.82, 2.24) is 4.90 Å². The molecule has 0 bridgehead atoms. The summed E-state index contributed by atoms with van der Waals surface area (Å²) in [5.74, 6) is 0.384. The van der Waals surface area contributed by atoms with E-state index in [-0.39, 0.29) is 16.6 Å². The van der Waals surface area contributed by atoms with Crippen molar-refractivity contribution in [2.24, 2.45) is 5.92 Å². The van der Waals surface area contributed by atoms with Gasteiger partial charge in [-0.15, -0.1) is 6.58 Å². The van der Waals surface area contributed by atoms with Gasteiger partial charge in [-0.05, 0) is 37.0 Å². The van der Waals surface area contributed by atoms with Crippen LogP contribution in [0.25, 0.3) is 0 Å². The minimum Gasteiger partial charge on any atom is -0.377 e. The standard InChI is InChI=1S/C18H25NO4S/c1-3-12-23-14-15-8-10-19(11-9-15)18(20)16-6-5-7-17(13-16)24(21,22)4-2/h3,5-7,13,15H,1,4,8-12,14H2,2H3. The normalized spacial score (nSPS) is 16.1. The number of rotatable bonds is 7. The summed E-state index contributed by atoms with van der Waals surface area (Å²) in [4.78, 5) is 14.6. The van der Waals surface area contributed by atoms with Crippen molar-refractivity contribution in [3.05, 3.63) is 42.5 Å². The van der Waals surface area contributed by atoms with Gasteiger partial charge in [0.05, 0.1) is 17.3 Å². The lowest BCUT2D eigenvalue weighted by Gasteiger charge is -2.32. The number of carbonyl (C=O) groups is 1. The molecular weight excluding hydrogens is 326 g/mol. The maximum atomic E-state index is 12.6. The third-order valence-corrected chi connectivity index (χ3v) is 6.04. The van der Waals surface area contributed by atoms with E-state index in [1.54, 1.807) is 36.1 Å². The molecule has 1 aromatic carbocycles. The first-order valence-corrected chi connectivity index (χ1v) is 9.94. The number of amides is 1. The van der Waals surface area contributed by atoms with E-state index in [0.29, 0.717) is 37.8 Å². The predicted molar refractivity (Wildman–Crippen MR) is 93.8 cm³/mol. The molecule has 0 aliphatic carbocycles. The molecule has 0 aromatic heterocycles. The van der Waals surface area contributed by atoms with E-state index >= 15 is 0 Å². The van der Waals surface area contributed by atoms with Crippen LogP contribution in [-0.2, 0) is 14.6 Å². The van der Waals surface area contributed by atoms with Crippen molar-refractivity contribution in [2.45, 2.75) is 24.7 Å². The highest BCUT2D eigenvalue weighted by Gasteiger charge is 2.24. The van der Waals surface area contributed by atoms with Gasteiger partial charge >= 0.3 is 0 Å². The number of piperidine rings is 1. The summed E-state index contributed by atoms with van der Waals surface area (Å²) in [6.45, 7) is 7.81. The van der Waals surface area contributed by atoms with Crippen LogP contribution in [0.2, 0.25) is 0 Å². The molecular formula is C18H25NO4S. The Morgan fingerprint density at radius 2 is 2.08 bits per heavy atom. The van der Waals surface area contributed by atoms with Crippen molar-refractivity contribution in [2.75, 3.05) is 32.1 Å². The van der Waals surface area contributed by atoms with Crippen LogP contribution in [0.3, 0.4) is 0 Å². The number of sulfone groups is 1. The van der Waals surface area contributed by atoms with E-state index in [1.807, 2.05) is 0 Å². The molecule has 1 heterocycles. The number of benzene rings is 1. The third-order valence-electron chi connectivity index (χ3n) is 4.31. The van der Waals surface area contributed by atoms with Gasteiger partial charge in [-0.1, -0.05) is 19.1 Å². The second-order valence-electron chi connectivity index (χ2n) is 5.99. The van der Waals surface area contributed by atoms with Crippen molar-refractivity contribution in [3.8, 4) is 0 Å². The maximum absolute atomic E-state index is 12.6. The highest BCUT2D eigenvalue weighted by molar-refractivity contribution is 7.91. The fourth-order valence-corrected chi connectivity index (χ4v) is 3.72. The summed E-state index contributed by atoms with van der Waals surface area (Å²) in [5.41, 5.74) is 0.436. The first-order chi connectivity index (χ1) is 11.5. The summed E-state index contributed by atoms with van der Waals surface area (Å²) in [6.07, 6.45) is 3.53. The number of ether oxygens (including phenoxy) is 1. The Morgan fingerprint density at radius 3 is 2.71 bits per heavy atom. The molecule has 1 amide bonds. The zero-order valence-corrected chi connectivity index (χ0v) is 14.9. The lowest BCUT2D eigenvalue weighted by molar-refractivity contribution is 0.0575. The van der Waals surface area contributed by atoms with Crippen molar-refractivity contribution < 1.29 is 17.9 Å². The van der Waals surface area contributed by atoms with Crippen LogP contribution in [0.5, 0.6) is 0 Å². The van der Waals surface area contributed by atoms with E-state index in [2.05, 4.69) is 6.58 Å². The Labute approximate surface area is 144 Å². The molecule has 5 nitrogen and oxygen atoms in total. The fraction of sp³-hybridized carbons (Fsp3) is 0.500. The first-order valence-electron chi connectivity index (χ1n) is 8.28. The lowest BCUT2D eigenvalue weighted by atomic mass is 9.97. The summed E-state index contributed by atoms with van der Waals surface area (Å²) in [6, 6.07) is 6.33. The SMILES string of the molecule is C=CCOCC1CCN(C(=O)c2cccc(S(=O)(=O)CC)c2)CC1. The molecule has 0 atom stereocenters. The van der Waals surface area contributed by atoms with Gasteiger partial charge in [0.2, 0.25) is 0 Å². The van der Waals surface area contributed by atoms with Gasteiger partial charge < -0.3 is 9.64 Å². The molecule has 1 fully saturated rings. The zero-order chi connectivity index (χ0) is 17.6. The highest BCUT2D eigenvalue weighted by Crippen LogP contribution is 2.21. The van der Waals surface area contributed by atoms with E-state index < -0.39 is 9.84 Å². The Hall–Kier alpha value is -1.66. The fourth-order valence-electron chi connectivity index (χ4n) is 2.79. The van der Waals surface area contributed by atoms with E-state index in [0.717, 1.165) is 12.8 Å². The molecule has 0 N–H and O–H groups in total. The molecule has 1 aromatic rings. The van der Waals surface area contributed by atoms with Crippen LogP contribution >= 0.6 is 0 Å². The smallest absolute Gasteiger partial charge is 0.253 e. The summed E-state index contributed by atoms with van der Waals surface area (Å²) in [7, 11) is -3.30. The number of nitrogens with zero attached hydrogens (tertiary/aromatic N) is 1. The molecule has 0 unspecified atom stereocenters. The van der Waals surface area contributed by atoms with Crippen LogP contribution in [-0.4, -0.2) is 51.3 Å². The molecule has 0 radical (unpaired) electrons. The molecule has 24 heavy (non-hydrogen) atoms. The maximum Gasteiger partial charge on any atom is 0.253 e. The first kappa shape index (κ1) is 18.7. The van der Waals surface area contributed by atoms with Crippen LogP contribution < -0.4 is 0 Å².